The standard InChI is InChI=1S/C10H10FN3OS/c1-16-5-9-13-10(15-14-9)6-2-3-8(12)7(11)4-6/h2-4H,5,12H2,1H3. The summed E-state index contributed by atoms with van der Waals surface area (Å²) in [4.78, 5) is 4.13. The van der Waals surface area contributed by atoms with Crippen LogP contribution in [0.25, 0.3) is 11.5 Å². The van der Waals surface area contributed by atoms with Crippen LogP contribution in [0.2, 0.25) is 0 Å². The summed E-state index contributed by atoms with van der Waals surface area (Å²) in [5, 5.41) is 3.77. The van der Waals surface area contributed by atoms with E-state index in [0.717, 1.165) is 0 Å². The monoisotopic (exact) mass is 239 g/mol. The summed E-state index contributed by atoms with van der Waals surface area (Å²) >= 11 is 1.59. The minimum absolute atomic E-state index is 0.104. The van der Waals surface area contributed by atoms with Crippen LogP contribution in [0.15, 0.2) is 22.7 Å². The zero-order valence-electron chi connectivity index (χ0n) is 8.61. The third kappa shape index (κ3) is 2.16. The maximum Gasteiger partial charge on any atom is 0.258 e. The van der Waals surface area contributed by atoms with Gasteiger partial charge in [0.1, 0.15) is 5.82 Å². The maximum absolute atomic E-state index is 13.2. The van der Waals surface area contributed by atoms with Crippen LogP contribution in [0, 0.1) is 5.82 Å². The third-order valence-electron chi connectivity index (χ3n) is 1.99. The van der Waals surface area contributed by atoms with Crippen LogP contribution in [0.1, 0.15) is 5.82 Å². The molecule has 0 atom stereocenters. The fourth-order valence-electron chi connectivity index (χ4n) is 1.22. The molecule has 0 saturated carbocycles. The van der Waals surface area contributed by atoms with E-state index in [1.54, 1.807) is 17.8 Å². The van der Waals surface area contributed by atoms with Crippen LogP contribution in [0.5, 0.6) is 0 Å². The number of nitrogens with zero attached hydrogens (tertiary/aromatic N) is 2. The van der Waals surface area contributed by atoms with Gasteiger partial charge in [0.05, 0.1) is 11.4 Å². The van der Waals surface area contributed by atoms with Gasteiger partial charge in [0.15, 0.2) is 5.82 Å². The van der Waals surface area contributed by atoms with Gasteiger partial charge in [-0.2, -0.15) is 16.7 Å². The van der Waals surface area contributed by atoms with Gasteiger partial charge in [0.2, 0.25) is 0 Å². The van der Waals surface area contributed by atoms with Crippen LogP contribution in [-0.2, 0) is 5.75 Å². The lowest BCUT2D eigenvalue weighted by Crippen LogP contribution is -1.90. The lowest BCUT2D eigenvalue weighted by molar-refractivity contribution is 0.425. The fraction of sp³-hybridized carbons (Fsp3) is 0.200. The molecule has 2 aromatic rings. The number of hydrogen-bond acceptors (Lipinski definition) is 5. The average Bonchev–Trinajstić information content (AvgIpc) is 2.71. The second-order valence-electron chi connectivity index (χ2n) is 3.19. The molecule has 1 heterocycles. The lowest BCUT2D eigenvalue weighted by atomic mass is 10.2. The van der Waals surface area contributed by atoms with Crippen molar-refractivity contribution in [3.8, 4) is 11.5 Å². The van der Waals surface area contributed by atoms with Crippen molar-refractivity contribution in [2.75, 3.05) is 12.0 Å². The summed E-state index contributed by atoms with van der Waals surface area (Å²) in [6.45, 7) is 0. The first kappa shape index (κ1) is 10.9. The number of aromatic nitrogens is 2. The zero-order valence-corrected chi connectivity index (χ0v) is 9.42. The maximum atomic E-state index is 13.2. The molecule has 0 bridgehead atoms. The first-order valence-corrected chi connectivity index (χ1v) is 5.97. The summed E-state index contributed by atoms with van der Waals surface area (Å²) in [7, 11) is 0. The number of anilines is 1. The molecule has 2 rings (SSSR count). The van der Waals surface area contributed by atoms with E-state index in [4.69, 9.17) is 10.3 Å². The Morgan fingerprint density at radius 1 is 1.50 bits per heavy atom. The van der Waals surface area contributed by atoms with Crippen molar-refractivity contribution in [2.24, 2.45) is 0 Å². The summed E-state index contributed by atoms with van der Waals surface area (Å²) in [5.74, 6) is 1.09. The Morgan fingerprint density at radius 2 is 2.31 bits per heavy atom. The highest BCUT2D eigenvalue weighted by atomic mass is 32.2. The van der Waals surface area contributed by atoms with Crippen molar-refractivity contribution in [3.63, 3.8) is 0 Å². The van der Waals surface area contributed by atoms with Crippen molar-refractivity contribution < 1.29 is 8.91 Å². The normalized spacial score (nSPS) is 10.6. The van der Waals surface area contributed by atoms with Gasteiger partial charge in [-0.1, -0.05) is 5.16 Å². The molecule has 0 amide bonds. The van der Waals surface area contributed by atoms with Crippen molar-refractivity contribution in [2.45, 2.75) is 5.75 Å². The number of benzene rings is 1. The van der Waals surface area contributed by atoms with Crippen molar-refractivity contribution in [1.82, 2.24) is 10.1 Å². The average molecular weight is 239 g/mol. The molecule has 0 radical (unpaired) electrons. The lowest BCUT2D eigenvalue weighted by Gasteiger charge is -1.97. The van der Waals surface area contributed by atoms with E-state index in [0.29, 0.717) is 23.0 Å². The Bertz CT molecular complexity index is 501. The largest absolute Gasteiger partial charge is 0.396 e. The molecule has 84 valence electrons. The quantitative estimate of drug-likeness (QED) is 0.833. The molecule has 0 unspecified atom stereocenters. The molecule has 1 aromatic heterocycles. The van der Waals surface area contributed by atoms with Gasteiger partial charge in [-0.25, -0.2) is 4.39 Å². The van der Waals surface area contributed by atoms with E-state index < -0.39 is 5.82 Å². The predicted octanol–water partition coefficient (Wildman–Crippen LogP) is 2.32. The summed E-state index contributed by atoms with van der Waals surface area (Å²) in [6, 6.07) is 4.41. The second-order valence-corrected chi connectivity index (χ2v) is 4.05. The summed E-state index contributed by atoms with van der Waals surface area (Å²) < 4.78 is 18.2. The highest BCUT2D eigenvalue weighted by Gasteiger charge is 2.10. The number of halogens is 1. The molecule has 0 aliphatic rings. The SMILES string of the molecule is CSCc1noc(-c2ccc(N)c(F)c2)n1. The van der Waals surface area contributed by atoms with Crippen LogP contribution in [0.4, 0.5) is 10.1 Å². The van der Waals surface area contributed by atoms with E-state index in [1.165, 1.54) is 12.1 Å². The molecule has 1 aromatic carbocycles. The summed E-state index contributed by atoms with van der Waals surface area (Å²) in [6.07, 6.45) is 1.94. The highest BCUT2D eigenvalue weighted by Crippen LogP contribution is 2.21. The van der Waals surface area contributed by atoms with Crippen LogP contribution in [-0.4, -0.2) is 16.4 Å². The molecule has 4 nitrogen and oxygen atoms in total. The first-order chi connectivity index (χ1) is 7.70. The van der Waals surface area contributed by atoms with E-state index in [2.05, 4.69) is 10.1 Å². The Kier molecular flexibility index (Phi) is 3.09. The van der Waals surface area contributed by atoms with E-state index in [1.807, 2.05) is 6.26 Å². The topological polar surface area (TPSA) is 64.9 Å². The predicted molar refractivity (Wildman–Crippen MR) is 61.3 cm³/mol. The molecular weight excluding hydrogens is 229 g/mol. The molecular formula is C10H10FN3OS. The molecule has 0 fully saturated rings. The molecule has 0 aliphatic carbocycles. The van der Waals surface area contributed by atoms with E-state index >= 15 is 0 Å². The molecule has 0 aliphatic heterocycles. The number of hydrogen-bond donors (Lipinski definition) is 1. The van der Waals surface area contributed by atoms with Crippen molar-refractivity contribution in [1.29, 1.82) is 0 Å². The molecule has 0 saturated heterocycles. The highest BCUT2D eigenvalue weighted by molar-refractivity contribution is 7.97. The first-order valence-electron chi connectivity index (χ1n) is 4.57. The minimum Gasteiger partial charge on any atom is -0.396 e. The fourth-order valence-corrected chi connectivity index (χ4v) is 1.59. The van der Waals surface area contributed by atoms with E-state index in [9.17, 15) is 4.39 Å². The van der Waals surface area contributed by atoms with Gasteiger partial charge >= 0.3 is 0 Å². The van der Waals surface area contributed by atoms with Gasteiger partial charge in [0, 0.05) is 5.56 Å². The number of thioether (sulfide) groups is 1. The molecule has 6 heteroatoms. The number of rotatable bonds is 3. The third-order valence-corrected chi connectivity index (χ3v) is 2.54. The van der Waals surface area contributed by atoms with Gasteiger partial charge in [-0.05, 0) is 24.5 Å². The van der Waals surface area contributed by atoms with E-state index in [-0.39, 0.29) is 5.69 Å². The summed E-state index contributed by atoms with van der Waals surface area (Å²) in [5.41, 5.74) is 6.01. The molecule has 2 N–H and O–H groups in total. The van der Waals surface area contributed by atoms with Crippen molar-refractivity contribution in [3.05, 3.63) is 29.8 Å². The number of nitrogen functional groups attached to an aromatic ring is 1. The Morgan fingerprint density at radius 3 is 3.00 bits per heavy atom. The second kappa shape index (κ2) is 4.52. The molecule has 0 spiro atoms. The smallest absolute Gasteiger partial charge is 0.258 e. The van der Waals surface area contributed by atoms with Crippen LogP contribution in [0.3, 0.4) is 0 Å². The number of nitrogens with two attached hydrogens (primary N) is 1. The zero-order chi connectivity index (χ0) is 11.5. The minimum atomic E-state index is -0.484. The Balaban J connectivity index is 2.31. The van der Waals surface area contributed by atoms with Gasteiger partial charge in [-0.3, -0.25) is 0 Å². The van der Waals surface area contributed by atoms with Crippen molar-refractivity contribution >= 4 is 17.4 Å². The molecule has 16 heavy (non-hydrogen) atoms. The van der Waals surface area contributed by atoms with Gasteiger partial charge in [0.25, 0.3) is 5.89 Å². The van der Waals surface area contributed by atoms with Crippen LogP contribution < -0.4 is 5.73 Å². The Hall–Kier alpha value is -1.56. The Labute approximate surface area is 96.0 Å². The van der Waals surface area contributed by atoms with Crippen LogP contribution >= 0.6 is 11.8 Å². The van der Waals surface area contributed by atoms with Gasteiger partial charge in [-0.15, -0.1) is 0 Å². The van der Waals surface area contributed by atoms with Gasteiger partial charge < -0.3 is 10.3 Å².